The average molecular weight is 292 g/mol. The first-order chi connectivity index (χ1) is 10.2. The summed E-state index contributed by atoms with van der Waals surface area (Å²) < 4.78 is 10.9. The number of hydrogen-bond acceptors (Lipinski definition) is 4. The summed E-state index contributed by atoms with van der Waals surface area (Å²) in [6, 6.07) is 7.45. The van der Waals surface area contributed by atoms with Crippen LogP contribution in [0.4, 0.5) is 0 Å². The van der Waals surface area contributed by atoms with Crippen molar-refractivity contribution in [1.82, 2.24) is 10.2 Å². The molecule has 0 heterocycles. The highest BCUT2D eigenvalue weighted by Gasteiger charge is 2.24. The Morgan fingerprint density at radius 1 is 1.14 bits per heavy atom. The summed E-state index contributed by atoms with van der Waals surface area (Å²) in [5.41, 5.74) is 1.19. The van der Waals surface area contributed by atoms with Crippen molar-refractivity contribution in [2.75, 3.05) is 28.3 Å². The molecule has 4 heteroatoms. The quantitative estimate of drug-likeness (QED) is 0.874. The van der Waals surface area contributed by atoms with Gasteiger partial charge in [0.2, 0.25) is 0 Å². The first-order valence-corrected chi connectivity index (χ1v) is 7.77. The molecule has 0 aliphatic heterocycles. The smallest absolute Gasteiger partial charge is 0.165 e. The van der Waals surface area contributed by atoms with Crippen LogP contribution in [0.25, 0.3) is 0 Å². The van der Waals surface area contributed by atoms with Gasteiger partial charge in [0, 0.05) is 24.2 Å². The van der Waals surface area contributed by atoms with Crippen molar-refractivity contribution < 1.29 is 9.47 Å². The van der Waals surface area contributed by atoms with Crippen LogP contribution in [0.15, 0.2) is 18.2 Å². The van der Waals surface area contributed by atoms with E-state index in [1.54, 1.807) is 14.2 Å². The number of hydrogen-bond donors (Lipinski definition) is 1. The van der Waals surface area contributed by atoms with Crippen LogP contribution in [0.2, 0.25) is 0 Å². The summed E-state index contributed by atoms with van der Waals surface area (Å²) in [5, 5.41) is 3.39. The van der Waals surface area contributed by atoms with Crippen LogP contribution in [-0.2, 0) is 6.54 Å². The SMILES string of the molecule is CNC1CCC(N(C)Cc2cccc(OC)c2OC)CC1. The summed E-state index contributed by atoms with van der Waals surface area (Å²) in [5.74, 6) is 1.66. The zero-order chi connectivity index (χ0) is 15.2. The predicted octanol–water partition coefficient (Wildman–Crippen LogP) is 2.67. The molecule has 1 saturated carbocycles. The first-order valence-electron chi connectivity index (χ1n) is 7.77. The monoisotopic (exact) mass is 292 g/mol. The molecule has 21 heavy (non-hydrogen) atoms. The molecule has 1 aliphatic rings. The Balaban J connectivity index is 2.01. The van der Waals surface area contributed by atoms with Gasteiger partial charge in [-0.05, 0) is 45.8 Å². The van der Waals surface area contributed by atoms with Crippen LogP contribution >= 0.6 is 0 Å². The van der Waals surface area contributed by atoms with Gasteiger partial charge in [0.15, 0.2) is 11.5 Å². The Morgan fingerprint density at radius 3 is 2.43 bits per heavy atom. The van der Waals surface area contributed by atoms with E-state index in [2.05, 4.69) is 30.4 Å². The summed E-state index contributed by atoms with van der Waals surface area (Å²) >= 11 is 0. The maximum atomic E-state index is 5.53. The lowest BCUT2D eigenvalue weighted by atomic mass is 9.90. The van der Waals surface area contributed by atoms with Gasteiger partial charge in [0.25, 0.3) is 0 Å². The normalized spacial score (nSPS) is 22.3. The van der Waals surface area contributed by atoms with E-state index >= 15 is 0 Å². The summed E-state index contributed by atoms with van der Waals surface area (Å²) in [4.78, 5) is 2.45. The Kier molecular flexibility index (Phi) is 5.88. The average Bonchev–Trinajstić information content (AvgIpc) is 2.54. The van der Waals surface area contributed by atoms with Crippen LogP contribution in [0.1, 0.15) is 31.2 Å². The van der Waals surface area contributed by atoms with Gasteiger partial charge in [0.05, 0.1) is 14.2 Å². The highest BCUT2D eigenvalue weighted by Crippen LogP contribution is 2.32. The third kappa shape index (κ3) is 3.89. The number of ether oxygens (including phenoxy) is 2. The highest BCUT2D eigenvalue weighted by molar-refractivity contribution is 5.46. The van der Waals surface area contributed by atoms with Crippen molar-refractivity contribution in [3.8, 4) is 11.5 Å². The predicted molar refractivity (Wildman–Crippen MR) is 86.1 cm³/mol. The van der Waals surface area contributed by atoms with E-state index in [-0.39, 0.29) is 0 Å². The van der Waals surface area contributed by atoms with Crippen molar-refractivity contribution in [3.05, 3.63) is 23.8 Å². The molecule has 1 aromatic carbocycles. The van der Waals surface area contributed by atoms with Crippen LogP contribution in [0.5, 0.6) is 11.5 Å². The molecule has 0 amide bonds. The molecule has 4 nitrogen and oxygen atoms in total. The fourth-order valence-corrected chi connectivity index (χ4v) is 3.28. The zero-order valence-corrected chi connectivity index (χ0v) is 13.7. The van der Waals surface area contributed by atoms with E-state index in [4.69, 9.17) is 9.47 Å². The fourth-order valence-electron chi connectivity index (χ4n) is 3.28. The second kappa shape index (κ2) is 7.66. The van der Waals surface area contributed by atoms with E-state index in [1.807, 2.05) is 12.1 Å². The molecule has 0 radical (unpaired) electrons. The maximum Gasteiger partial charge on any atom is 0.165 e. The highest BCUT2D eigenvalue weighted by atomic mass is 16.5. The minimum absolute atomic E-state index is 0.658. The second-order valence-electron chi connectivity index (χ2n) is 5.86. The van der Waals surface area contributed by atoms with E-state index in [0.717, 1.165) is 18.0 Å². The topological polar surface area (TPSA) is 33.7 Å². The van der Waals surface area contributed by atoms with Crippen LogP contribution in [-0.4, -0.2) is 45.3 Å². The summed E-state index contributed by atoms with van der Waals surface area (Å²) in [6.07, 6.45) is 5.05. The van der Waals surface area contributed by atoms with Crippen LogP contribution < -0.4 is 14.8 Å². The fraction of sp³-hybridized carbons (Fsp3) is 0.647. The first kappa shape index (κ1) is 16.1. The maximum absolute atomic E-state index is 5.53. The van der Waals surface area contributed by atoms with E-state index < -0.39 is 0 Å². The van der Waals surface area contributed by atoms with Gasteiger partial charge in [-0.15, -0.1) is 0 Å². The molecule has 2 rings (SSSR count). The van der Waals surface area contributed by atoms with Gasteiger partial charge < -0.3 is 14.8 Å². The number of nitrogens with one attached hydrogen (secondary N) is 1. The van der Waals surface area contributed by atoms with E-state index in [9.17, 15) is 0 Å². The molecule has 0 spiro atoms. The molecule has 0 aromatic heterocycles. The van der Waals surface area contributed by atoms with Crippen LogP contribution in [0, 0.1) is 0 Å². The Hall–Kier alpha value is -1.26. The largest absolute Gasteiger partial charge is 0.493 e. The molecule has 0 saturated heterocycles. The number of rotatable bonds is 6. The minimum Gasteiger partial charge on any atom is -0.493 e. The summed E-state index contributed by atoms with van der Waals surface area (Å²) in [6.45, 7) is 0.898. The van der Waals surface area contributed by atoms with Crippen molar-refractivity contribution in [1.29, 1.82) is 0 Å². The molecular weight excluding hydrogens is 264 g/mol. The third-order valence-electron chi connectivity index (χ3n) is 4.63. The lowest BCUT2D eigenvalue weighted by Crippen LogP contribution is -2.39. The summed E-state index contributed by atoms with van der Waals surface area (Å²) in [7, 11) is 7.67. The van der Waals surface area contributed by atoms with Gasteiger partial charge >= 0.3 is 0 Å². The Labute approximate surface area is 128 Å². The number of methoxy groups -OCH3 is 2. The van der Waals surface area contributed by atoms with Crippen molar-refractivity contribution in [2.24, 2.45) is 0 Å². The Morgan fingerprint density at radius 2 is 1.86 bits per heavy atom. The van der Waals surface area contributed by atoms with Gasteiger partial charge in [-0.2, -0.15) is 0 Å². The van der Waals surface area contributed by atoms with Gasteiger partial charge in [-0.3, -0.25) is 4.90 Å². The lowest BCUT2D eigenvalue weighted by Gasteiger charge is -2.34. The number of para-hydroxylation sites is 1. The molecule has 0 unspecified atom stereocenters. The van der Waals surface area contributed by atoms with Crippen molar-refractivity contribution in [2.45, 2.75) is 44.3 Å². The van der Waals surface area contributed by atoms with Gasteiger partial charge in [0.1, 0.15) is 0 Å². The van der Waals surface area contributed by atoms with Crippen molar-refractivity contribution in [3.63, 3.8) is 0 Å². The van der Waals surface area contributed by atoms with Crippen molar-refractivity contribution >= 4 is 0 Å². The van der Waals surface area contributed by atoms with E-state index in [1.165, 1.54) is 31.2 Å². The number of nitrogens with zero attached hydrogens (tertiary/aromatic N) is 1. The third-order valence-corrected chi connectivity index (χ3v) is 4.63. The Bertz CT molecular complexity index is 442. The molecule has 0 bridgehead atoms. The molecule has 1 aromatic rings. The van der Waals surface area contributed by atoms with Gasteiger partial charge in [-0.25, -0.2) is 0 Å². The molecule has 1 aliphatic carbocycles. The standard InChI is InChI=1S/C17H28N2O2/c1-18-14-8-10-15(11-9-14)19(2)12-13-6-5-7-16(20-3)17(13)21-4/h5-7,14-15,18H,8-12H2,1-4H3. The number of benzene rings is 1. The minimum atomic E-state index is 0.658. The second-order valence-corrected chi connectivity index (χ2v) is 5.86. The molecule has 118 valence electrons. The molecule has 1 fully saturated rings. The van der Waals surface area contributed by atoms with Crippen LogP contribution in [0.3, 0.4) is 0 Å². The molecule has 0 atom stereocenters. The van der Waals surface area contributed by atoms with Gasteiger partial charge in [-0.1, -0.05) is 12.1 Å². The lowest BCUT2D eigenvalue weighted by molar-refractivity contribution is 0.168. The van der Waals surface area contributed by atoms with E-state index in [0.29, 0.717) is 12.1 Å². The molecular formula is C17H28N2O2. The zero-order valence-electron chi connectivity index (χ0n) is 13.7. The molecule has 1 N–H and O–H groups in total.